The third-order valence-corrected chi connectivity index (χ3v) is 2.78. The Hall–Kier alpha value is -2.17. The highest BCUT2D eigenvalue weighted by Crippen LogP contribution is 2.32. The summed E-state index contributed by atoms with van der Waals surface area (Å²) in [7, 11) is 0. The smallest absolute Gasteiger partial charge is 0.255 e. The Morgan fingerprint density at radius 1 is 0.889 bits per heavy atom. The maximum Gasteiger partial charge on any atom is 0.416 e. The number of hydrogen-bond donors (Lipinski definition) is 0. The van der Waals surface area contributed by atoms with Crippen molar-refractivity contribution in [1.29, 1.82) is 0 Å². The van der Waals surface area contributed by atoms with Crippen LogP contribution in [-0.2, 0) is 6.18 Å². The zero-order valence-corrected chi connectivity index (χ0v) is 9.07. The second kappa shape index (κ2) is 3.66. The Kier molecular flexibility index (Phi) is 2.23. The van der Waals surface area contributed by atoms with Gasteiger partial charge < -0.3 is 0 Å². The zero-order chi connectivity index (χ0) is 12.8. The normalized spacial score (nSPS) is 12.2. The monoisotopic (exact) mass is 248 g/mol. The molecule has 0 radical (unpaired) electrons. The Morgan fingerprint density at radius 3 is 2.44 bits per heavy atom. The van der Waals surface area contributed by atoms with Crippen molar-refractivity contribution < 1.29 is 13.2 Å². The predicted molar refractivity (Wildman–Crippen MR) is 62.0 cm³/mol. The summed E-state index contributed by atoms with van der Waals surface area (Å²) in [6.45, 7) is 0. The lowest BCUT2D eigenvalue weighted by Crippen LogP contribution is -2.04. The summed E-state index contributed by atoms with van der Waals surface area (Å²) in [5.41, 5.74) is 0.306. The van der Waals surface area contributed by atoms with Gasteiger partial charge in [-0.05, 0) is 18.2 Å². The molecule has 0 fully saturated rings. The molecular formula is C13H7F3N2. The lowest BCUT2D eigenvalue weighted by atomic mass is 10.1. The number of fused-ring (bicyclic) bond motifs is 3. The van der Waals surface area contributed by atoms with Crippen LogP contribution in [0.3, 0.4) is 0 Å². The van der Waals surface area contributed by atoms with Crippen LogP contribution in [0.25, 0.3) is 21.8 Å². The molecule has 0 aliphatic carbocycles. The van der Waals surface area contributed by atoms with E-state index in [-0.39, 0.29) is 0 Å². The van der Waals surface area contributed by atoms with Crippen LogP contribution >= 0.6 is 0 Å². The van der Waals surface area contributed by atoms with E-state index in [1.54, 1.807) is 12.3 Å². The van der Waals surface area contributed by atoms with Gasteiger partial charge in [-0.1, -0.05) is 12.1 Å². The first-order chi connectivity index (χ1) is 8.55. The second-order valence-corrected chi connectivity index (χ2v) is 3.92. The number of rotatable bonds is 0. The van der Waals surface area contributed by atoms with Crippen LogP contribution in [-0.4, -0.2) is 9.97 Å². The van der Waals surface area contributed by atoms with Crippen molar-refractivity contribution in [2.45, 2.75) is 6.18 Å². The summed E-state index contributed by atoms with van der Waals surface area (Å²) in [5.74, 6) is 0. The van der Waals surface area contributed by atoms with Gasteiger partial charge in [-0.3, -0.25) is 9.97 Å². The minimum absolute atomic E-state index is 0.324. The van der Waals surface area contributed by atoms with E-state index < -0.39 is 11.7 Å². The largest absolute Gasteiger partial charge is 0.416 e. The third kappa shape index (κ3) is 1.68. The van der Waals surface area contributed by atoms with E-state index in [0.717, 1.165) is 17.5 Å². The van der Waals surface area contributed by atoms with Crippen LogP contribution in [0.5, 0.6) is 0 Å². The van der Waals surface area contributed by atoms with Crippen LogP contribution in [0.1, 0.15) is 5.56 Å². The Balaban J connectivity index is 2.35. The first-order valence-electron chi connectivity index (χ1n) is 5.26. The number of benzene rings is 1. The fourth-order valence-corrected chi connectivity index (χ4v) is 1.92. The van der Waals surface area contributed by atoms with Crippen molar-refractivity contribution in [3.63, 3.8) is 0 Å². The number of alkyl halides is 3. The molecule has 3 aromatic rings. The van der Waals surface area contributed by atoms with E-state index in [1.165, 1.54) is 12.3 Å². The Labute approximate surface area is 100 Å². The van der Waals surface area contributed by atoms with Crippen LogP contribution in [0.15, 0.2) is 42.7 Å². The van der Waals surface area contributed by atoms with Crippen molar-refractivity contribution in [3.05, 3.63) is 48.3 Å². The van der Waals surface area contributed by atoms with Crippen molar-refractivity contribution in [2.24, 2.45) is 0 Å². The molecule has 0 saturated carbocycles. The van der Waals surface area contributed by atoms with Gasteiger partial charge in [0.1, 0.15) is 0 Å². The molecule has 2 aromatic heterocycles. The molecule has 0 saturated heterocycles. The topological polar surface area (TPSA) is 25.8 Å². The minimum atomic E-state index is -4.35. The van der Waals surface area contributed by atoms with E-state index in [1.807, 2.05) is 6.07 Å². The molecule has 1 aromatic carbocycles. The molecule has 0 unspecified atom stereocenters. The van der Waals surface area contributed by atoms with Gasteiger partial charge in [0.25, 0.3) is 0 Å². The van der Waals surface area contributed by atoms with Crippen LogP contribution in [0, 0.1) is 0 Å². The van der Waals surface area contributed by atoms with Gasteiger partial charge in [0, 0.05) is 17.0 Å². The summed E-state index contributed by atoms with van der Waals surface area (Å²) < 4.78 is 37.8. The van der Waals surface area contributed by atoms with Crippen molar-refractivity contribution in [3.8, 4) is 0 Å². The molecule has 0 amide bonds. The zero-order valence-electron chi connectivity index (χ0n) is 9.07. The van der Waals surface area contributed by atoms with Gasteiger partial charge in [-0.15, -0.1) is 0 Å². The molecule has 3 rings (SSSR count). The van der Waals surface area contributed by atoms with Crippen LogP contribution in [0.2, 0.25) is 0 Å². The summed E-state index contributed by atoms with van der Waals surface area (Å²) in [5, 5.41) is 1.48. The van der Waals surface area contributed by atoms with Gasteiger partial charge in [0.2, 0.25) is 0 Å². The predicted octanol–water partition coefficient (Wildman–Crippen LogP) is 3.80. The Morgan fingerprint density at radius 2 is 1.67 bits per heavy atom. The van der Waals surface area contributed by atoms with Gasteiger partial charge in [0.15, 0.2) is 0 Å². The van der Waals surface area contributed by atoms with Gasteiger partial charge in [-0.2, -0.15) is 13.2 Å². The lowest BCUT2D eigenvalue weighted by Gasteiger charge is -2.08. The van der Waals surface area contributed by atoms with Crippen molar-refractivity contribution >= 4 is 21.8 Å². The highest BCUT2D eigenvalue weighted by Gasteiger charge is 2.30. The van der Waals surface area contributed by atoms with E-state index in [4.69, 9.17) is 0 Å². The summed E-state index contributed by atoms with van der Waals surface area (Å²) >= 11 is 0. The molecular weight excluding hydrogens is 241 g/mol. The molecule has 0 bridgehead atoms. The van der Waals surface area contributed by atoms with E-state index in [0.29, 0.717) is 16.4 Å². The second-order valence-electron chi connectivity index (χ2n) is 3.92. The molecule has 2 nitrogen and oxygen atoms in total. The number of aromatic nitrogens is 2. The average molecular weight is 248 g/mol. The standard InChI is InChI=1S/C13H7F3N2/c14-13(15,16)8-3-4-10-9-2-1-5-17-12(9)7-18-11(10)6-8/h1-7H. The van der Waals surface area contributed by atoms with Gasteiger partial charge in [-0.25, -0.2) is 0 Å². The fraction of sp³-hybridized carbons (Fsp3) is 0.0769. The van der Waals surface area contributed by atoms with E-state index in [9.17, 15) is 13.2 Å². The van der Waals surface area contributed by atoms with Gasteiger partial charge >= 0.3 is 6.18 Å². The first kappa shape index (κ1) is 11.0. The molecule has 0 spiro atoms. The van der Waals surface area contributed by atoms with E-state index >= 15 is 0 Å². The molecule has 0 aliphatic rings. The molecule has 0 N–H and O–H groups in total. The summed E-state index contributed by atoms with van der Waals surface area (Å²) in [4.78, 5) is 8.14. The van der Waals surface area contributed by atoms with Crippen molar-refractivity contribution in [1.82, 2.24) is 9.97 Å². The molecule has 90 valence electrons. The Bertz CT molecular complexity index is 735. The molecule has 2 heterocycles. The van der Waals surface area contributed by atoms with Gasteiger partial charge in [0.05, 0.1) is 22.8 Å². The number of pyridine rings is 2. The summed E-state index contributed by atoms with van der Waals surface area (Å²) in [6.07, 6.45) is -1.24. The van der Waals surface area contributed by atoms with Crippen LogP contribution < -0.4 is 0 Å². The maximum absolute atomic E-state index is 12.6. The number of halogens is 3. The molecule has 0 atom stereocenters. The SMILES string of the molecule is FC(F)(F)c1ccc2c(c1)ncc1ncccc12. The van der Waals surface area contributed by atoms with Crippen LogP contribution in [0.4, 0.5) is 13.2 Å². The fourth-order valence-electron chi connectivity index (χ4n) is 1.92. The average Bonchev–Trinajstić information content (AvgIpc) is 2.37. The third-order valence-electron chi connectivity index (χ3n) is 2.78. The highest BCUT2D eigenvalue weighted by molar-refractivity contribution is 6.03. The molecule has 0 aliphatic heterocycles. The highest BCUT2D eigenvalue weighted by atomic mass is 19.4. The molecule has 5 heteroatoms. The van der Waals surface area contributed by atoms with Crippen molar-refractivity contribution in [2.75, 3.05) is 0 Å². The molecule has 18 heavy (non-hydrogen) atoms. The number of hydrogen-bond acceptors (Lipinski definition) is 2. The lowest BCUT2D eigenvalue weighted by molar-refractivity contribution is -0.137. The summed E-state index contributed by atoms with van der Waals surface area (Å²) in [6, 6.07) is 7.13. The number of nitrogens with zero attached hydrogens (tertiary/aromatic N) is 2. The van der Waals surface area contributed by atoms with E-state index in [2.05, 4.69) is 9.97 Å². The maximum atomic E-state index is 12.6. The quantitative estimate of drug-likeness (QED) is 0.565. The minimum Gasteiger partial charge on any atom is -0.255 e. The first-order valence-corrected chi connectivity index (χ1v) is 5.26.